The topological polar surface area (TPSA) is 41.6 Å². The lowest BCUT2D eigenvalue weighted by Crippen LogP contribution is -2.32. The third kappa shape index (κ3) is 4.21. The number of hydrogen-bond acceptors (Lipinski definition) is 3. The monoisotopic (exact) mass is 290 g/mol. The SMILES string of the molecule is CCNCc1cc(C)c(OCC(=O)N2CCCC2)c(C)c1. The highest BCUT2D eigenvalue weighted by atomic mass is 16.5. The van der Waals surface area contributed by atoms with Crippen LogP contribution in [0.1, 0.15) is 36.5 Å². The predicted molar refractivity (Wildman–Crippen MR) is 84.6 cm³/mol. The second kappa shape index (κ2) is 7.46. The highest BCUT2D eigenvalue weighted by Crippen LogP contribution is 2.25. The summed E-state index contributed by atoms with van der Waals surface area (Å²) in [5, 5.41) is 3.32. The fraction of sp³-hybridized carbons (Fsp3) is 0.588. The minimum Gasteiger partial charge on any atom is -0.483 e. The number of rotatable bonds is 6. The number of amides is 1. The fourth-order valence-corrected chi connectivity index (χ4v) is 2.83. The number of ether oxygens (including phenoxy) is 1. The zero-order valence-corrected chi connectivity index (χ0v) is 13.4. The zero-order valence-electron chi connectivity index (χ0n) is 13.4. The molecule has 21 heavy (non-hydrogen) atoms. The van der Waals surface area contributed by atoms with Gasteiger partial charge in [0.1, 0.15) is 5.75 Å². The third-order valence-electron chi connectivity index (χ3n) is 3.90. The molecule has 1 saturated heterocycles. The van der Waals surface area contributed by atoms with Crippen LogP contribution in [-0.2, 0) is 11.3 Å². The number of carbonyl (C=O) groups excluding carboxylic acids is 1. The number of hydrogen-bond donors (Lipinski definition) is 1. The van der Waals surface area contributed by atoms with Gasteiger partial charge in [-0.05, 0) is 49.9 Å². The molecule has 1 aliphatic heterocycles. The molecule has 0 atom stereocenters. The Bertz CT molecular complexity index is 471. The molecule has 0 saturated carbocycles. The van der Waals surface area contributed by atoms with Crippen LogP contribution < -0.4 is 10.1 Å². The predicted octanol–water partition coefficient (Wildman–Crippen LogP) is 2.41. The molecule has 1 aliphatic rings. The van der Waals surface area contributed by atoms with Gasteiger partial charge >= 0.3 is 0 Å². The van der Waals surface area contributed by atoms with E-state index < -0.39 is 0 Å². The van der Waals surface area contributed by atoms with E-state index in [0.29, 0.717) is 0 Å². The molecule has 1 amide bonds. The summed E-state index contributed by atoms with van der Waals surface area (Å²) in [6.07, 6.45) is 2.23. The van der Waals surface area contributed by atoms with Gasteiger partial charge in [0.15, 0.2) is 6.61 Å². The van der Waals surface area contributed by atoms with E-state index in [0.717, 1.165) is 55.9 Å². The van der Waals surface area contributed by atoms with Crippen LogP contribution >= 0.6 is 0 Å². The Morgan fingerprint density at radius 3 is 2.43 bits per heavy atom. The molecule has 4 heteroatoms. The van der Waals surface area contributed by atoms with E-state index in [1.165, 1.54) is 5.56 Å². The first-order valence-corrected chi connectivity index (χ1v) is 7.83. The Balaban J connectivity index is 1.97. The average Bonchev–Trinajstić information content (AvgIpc) is 2.98. The van der Waals surface area contributed by atoms with Crippen molar-refractivity contribution in [2.45, 2.75) is 40.2 Å². The maximum Gasteiger partial charge on any atom is 0.260 e. The minimum atomic E-state index is 0.100. The lowest BCUT2D eigenvalue weighted by Gasteiger charge is -2.18. The van der Waals surface area contributed by atoms with Gasteiger partial charge in [0.2, 0.25) is 0 Å². The number of likely N-dealkylation sites (tertiary alicyclic amines) is 1. The maximum atomic E-state index is 12.0. The Morgan fingerprint density at radius 2 is 1.86 bits per heavy atom. The summed E-state index contributed by atoms with van der Waals surface area (Å²) in [5.74, 6) is 0.950. The van der Waals surface area contributed by atoms with Crippen molar-refractivity contribution in [3.05, 3.63) is 28.8 Å². The van der Waals surface area contributed by atoms with Crippen LogP contribution in [0.15, 0.2) is 12.1 Å². The molecule has 0 aromatic heterocycles. The largest absolute Gasteiger partial charge is 0.483 e. The summed E-state index contributed by atoms with van der Waals surface area (Å²) < 4.78 is 5.79. The molecular formula is C17H26N2O2. The van der Waals surface area contributed by atoms with Crippen molar-refractivity contribution in [3.8, 4) is 5.75 Å². The van der Waals surface area contributed by atoms with Gasteiger partial charge in [-0.2, -0.15) is 0 Å². The van der Waals surface area contributed by atoms with Gasteiger partial charge in [-0.25, -0.2) is 0 Å². The molecular weight excluding hydrogens is 264 g/mol. The van der Waals surface area contributed by atoms with E-state index in [2.05, 4.69) is 24.4 Å². The molecule has 2 rings (SSSR count). The molecule has 4 nitrogen and oxygen atoms in total. The molecule has 1 aromatic carbocycles. The Labute approximate surface area is 127 Å². The summed E-state index contributed by atoms with van der Waals surface area (Å²) in [6, 6.07) is 4.26. The fourth-order valence-electron chi connectivity index (χ4n) is 2.83. The smallest absolute Gasteiger partial charge is 0.260 e. The highest BCUT2D eigenvalue weighted by Gasteiger charge is 2.18. The van der Waals surface area contributed by atoms with Crippen molar-refractivity contribution in [2.24, 2.45) is 0 Å². The molecule has 0 aliphatic carbocycles. The Hall–Kier alpha value is -1.55. The molecule has 0 bridgehead atoms. The second-order valence-electron chi connectivity index (χ2n) is 5.72. The van der Waals surface area contributed by atoms with Crippen molar-refractivity contribution in [2.75, 3.05) is 26.2 Å². The lowest BCUT2D eigenvalue weighted by molar-refractivity contribution is -0.132. The minimum absolute atomic E-state index is 0.100. The van der Waals surface area contributed by atoms with Crippen LogP contribution in [0.2, 0.25) is 0 Å². The molecule has 1 heterocycles. The van der Waals surface area contributed by atoms with Gasteiger partial charge < -0.3 is 15.0 Å². The second-order valence-corrected chi connectivity index (χ2v) is 5.72. The van der Waals surface area contributed by atoms with Crippen molar-refractivity contribution in [1.29, 1.82) is 0 Å². The maximum absolute atomic E-state index is 12.0. The molecule has 1 N–H and O–H groups in total. The van der Waals surface area contributed by atoms with E-state index in [-0.39, 0.29) is 12.5 Å². The van der Waals surface area contributed by atoms with Gasteiger partial charge in [-0.15, -0.1) is 0 Å². The van der Waals surface area contributed by atoms with Crippen molar-refractivity contribution in [3.63, 3.8) is 0 Å². The Kier molecular flexibility index (Phi) is 5.62. The number of aryl methyl sites for hydroxylation is 2. The number of nitrogens with zero attached hydrogens (tertiary/aromatic N) is 1. The molecule has 0 radical (unpaired) electrons. The van der Waals surface area contributed by atoms with E-state index in [1.54, 1.807) is 0 Å². The molecule has 0 spiro atoms. The van der Waals surface area contributed by atoms with E-state index >= 15 is 0 Å². The first-order chi connectivity index (χ1) is 10.1. The summed E-state index contributed by atoms with van der Waals surface area (Å²) in [7, 11) is 0. The van der Waals surface area contributed by atoms with Crippen molar-refractivity contribution in [1.82, 2.24) is 10.2 Å². The van der Waals surface area contributed by atoms with Gasteiger partial charge in [0.05, 0.1) is 0 Å². The van der Waals surface area contributed by atoms with Gasteiger partial charge in [0, 0.05) is 19.6 Å². The van der Waals surface area contributed by atoms with Gasteiger partial charge in [-0.3, -0.25) is 4.79 Å². The van der Waals surface area contributed by atoms with Crippen LogP contribution in [0.4, 0.5) is 0 Å². The summed E-state index contributed by atoms with van der Waals surface area (Å²) in [4.78, 5) is 13.9. The summed E-state index contributed by atoms with van der Waals surface area (Å²) >= 11 is 0. The van der Waals surface area contributed by atoms with Crippen molar-refractivity contribution >= 4 is 5.91 Å². The van der Waals surface area contributed by atoms with Crippen LogP contribution in [0, 0.1) is 13.8 Å². The van der Waals surface area contributed by atoms with Gasteiger partial charge in [0.25, 0.3) is 5.91 Å². The number of carbonyl (C=O) groups is 1. The molecule has 1 aromatic rings. The molecule has 1 fully saturated rings. The van der Waals surface area contributed by atoms with E-state index in [9.17, 15) is 4.79 Å². The molecule has 116 valence electrons. The summed E-state index contributed by atoms with van der Waals surface area (Å²) in [6.45, 7) is 9.90. The number of benzene rings is 1. The van der Waals surface area contributed by atoms with E-state index in [4.69, 9.17) is 4.74 Å². The van der Waals surface area contributed by atoms with Crippen LogP contribution in [0.5, 0.6) is 5.75 Å². The third-order valence-corrected chi connectivity index (χ3v) is 3.90. The zero-order chi connectivity index (χ0) is 15.2. The highest BCUT2D eigenvalue weighted by molar-refractivity contribution is 5.78. The summed E-state index contributed by atoms with van der Waals surface area (Å²) in [5.41, 5.74) is 3.44. The molecule has 0 unspecified atom stereocenters. The van der Waals surface area contributed by atoms with E-state index in [1.807, 2.05) is 18.7 Å². The first kappa shape index (κ1) is 15.8. The van der Waals surface area contributed by atoms with Crippen LogP contribution in [-0.4, -0.2) is 37.0 Å². The van der Waals surface area contributed by atoms with Gasteiger partial charge in [-0.1, -0.05) is 19.1 Å². The Morgan fingerprint density at radius 1 is 1.24 bits per heavy atom. The van der Waals surface area contributed by atoms with Crippen LogP contribution in [0.3, 0.4) is 0 Å². The first-order valence-electron chi connectivity index (χ1n) is 7.83. The average molecular weight is 290 g/mol. The normalized spacial score (nSPS) is 14.5. The lowest BCUT2D eigenvalue weighted by atomic mass is 10.1. The standard InChI is InChI=1S/C17H26N2O2/c1-4-18-11-15-9-13(2)17(14(3)10-15)21-12-16(20)19-7-5-6-8-19/h9-10,18H,4-8,11-12H2,1-3H3. The quantitative estimate of drug-likeness (QED) is 0.875. The number of nitrogens with one attached hydrogen (secondary N) is 1. The van der Waals surface area contributed by atoms with Crippen molar-refractivity contribution < 1.29 is 9.53 Å². The van der Waals surface area contributed by atoms with Crippen LogP contribution in [0.25, 0.3) is 0 Å².